The van der Waals surface area contributed by atoms with Crippen LogP contribution in [-0.4, -0.2) is 45.5 Å². The Morgan fingerprint density at radius 3 is 2.62 bits per heavy atom. The van der Waals surface area contributed by atoms with Crippen molar-refractivity contribution in [3.05, 3.63) is 35.9 Å². The molecule has 0 aliphatic heterocycles. The third kappa shape index (κ3) is 8.44. The summed E-state index contributed by atoms with van der Waals surface area (Å²) in [6.07, 6.45) is 1.54. The largest absolute Gasteiger partial charge is 0.375 e. The van der Waals surface area contributed by atoms with Gasteiger partial charge in [-0.25, -0.2) is 8.42 Å². The van der Waals surface area contributed by atoms with Gasteiger partial charge in [0.15, 0.2) is 0 Å². The second kappa shape index (κ2) is 8.76. The molecule has 1 rings (SSSR count). The lowest BCUT2D eigenvalue weighted by molar-refractivity contribution is -0.123. The molecule has 0 bridgehead atoms. The van der Waals surface area contributed by atoms with Crippen molar-refractivity contribution in [1.29, 1.82) is 0 Å². The van der Waals surface area contributed by atoms with Crippen molar-refractivity contribution in [1.82, 2.24) is 5.32 Å². The van der Waals surface area contributed by atoms with Gasteiger partial charge in [-0.2, -0.15) is 0 Å². The molecule has 0 fully saturated rings. The first-order valence-corrected chi connectivity index (χ1v) is 8.77. The Labute approximate surface area is 125 Å². The Kier molecular flexibility index (Phi) is 7.35. The number of amides is 1. The molecule has 0 aliphatic carbocycles. The number of carbonyl (C=O) groups excluding carboxylic acids is 1. The van der Waals surface area contributed by atoms with E-state index in [1.807, 2.05) is 30.3 Å². The molecule has 1 amide bonds. The van der Waals surface area contributed by atoms with E-state index in [1.54, 1.807) is 0 Å². The summed E-state index contributed by atoms with van der Waals surface area (Å²) in [5.41, 5.74) is 6.71. The highest BCUT2D eigenvalue weighted by Crippen LogP contribution is 2.00. The van der Waals surface area contributed by atoms with Crippen LogP contribution >= 0.6 is 0 Å². The van der Waals surface area contributed by atoms with Crippen molar-refractivity contribution in [3.63, 3.8) is 0 Å². The molecule has 0 spiro atoms. The number of hydrogen-bond acceptors (Lipinski definition) is 5. The summed E-state index contributed by atoms with van der Waals surface area (Å²) in [4.78, 5) is 11.6. The summed E-state index contributed by atoms with van der Waals surface area (Å²) < 4.78 is 27.2. The molecule has 0 unspecified atom stereocenters. The zero-order valence-electron chi connectivity index (χ0n) is 12.1. The number of rotatable bonds is 9. The van der Waals surface area contributed by atoms with Gasteiger partial charge in [-0.1, -0.05) is 30.3 Å². The minimum Gasteiger partial charge on any atom is -0.375 e. The molecular formula is C14H22N2O4S. The Balaban J connectivity index is 2.16. The molecule has 0 aromatic heterocycles. The molecule has 3 N–H and O–H groups in total. The summed E-state index contributed by atoms with van der Waals surface area (Å²) in [5.74, 6) is -0.288. The van der Waals surface area contributed by atoms with Crippen LogP contribution in [-0.2, 0) is 26.0 Å². The van der Waals surface area contributed by atoms with Crippen molar-refractivity contribution >= 4 is 15.7 Å². The summed E-state index contributed by atoms with van der Waals surface area (Å²) in [6.45, 7) is 0.807. The SMILES string of the molecule is CS(=O)(=O)CCCNC(=O)[C@@H](N)COCc1ccccc1. The molecule has 21 heavy (non-hydrogen) atoms. The average Bonchev–Trinajstić information content (AvgIpc) is 2.43. The van der Waals surface area contributed by atoms with Gasteiger partial charge in [0.2, 0.25) is 5.91 Å². The third-order valence-electron chi connectivity index (χ3n) is 2.74. The average molecular weight is 314 g/mol. The van der Waals surface area contributed by atoms with Crippen LogP contribution in [0.4, 0.5) is 0 Å². The van der Waals surface area contributed by atoms with Crippen molar-refractivity contribution in [2.75, 3.05) is 25.2 Å². The summed E-state index contributed by atoms with van der Waals surface area (Å²) in [5, 5.41) is 2.60. The molecule has 0 heterocycles. The highest BCUT2D eigenvalue weighted by Gasteiger charge is 2.13. The maximum absolute atomic E-state index is 11.6. The van der Waals surface area contributed by atoms with Crippen molar-refractivity contribution in [2.45, 2.75) is 19.1 Å². The van der Waals surface area contributed by atoms with Gasteiger partial charge in [-0.15, -0.1) is 0 Å². The Hall–Kier alpha value is -1.44. The Morgan fingerprint density at radius 2 is 2.00 bits per heavy atom. The summed E-state index contributed by atoms with van der Waals surface area (Å²) >= 11 is 0. The van der Waals surface area contributed by atoms with Gasteiger partial charge in [-0.3, -0.25) is 4.79 Å². The van der Waals surface area contributed by atoms with Gasteiger partial charge in [-0.05, 0) is 12.0 Å². The lowest BCUT2D eigenvalue weighted by Gasteiger charge is -2.12. The fourth-order valence-corrected chi connectivity index (χ4v) is 2.30. The standard InChI is InChI=1S/C14H22N2O4S/c1-21(18,19)9-5-8-16-14(17)13(15)11-20-10-12-6-3-2-4-7-12/h2-4,6-7,13H,5,8-11,15H2,1H3,(H,16,17)/t13-/m0/s1. The highest BCUT2D eigenvalue weighted by atomic mass is 32.2. The molecule has 0 radical (unpaired) electrons. The van der Waals surface area contributed by atoms with E-state index in [-0.39, 0.29) is 24.8 Å². The summed E-state index contributed by atoms with van der Waals surface area (Å²) in [7, 11) is -2.99. The molecule has 1 aromatic rings. The lowest BCUT2D eigenvalue weighted by Crippen LogP contribution is -2.44. The first-order chi connectivity index (χ1) is 9.88. The van der Waals surface area contributed by atoms with Crippen LogP contribution in [0.2, 0.25) is 0 Å². The van der Waals surface area contributed by atoms with E-state index in [4.69, 9.17) is 10.5 Å². The number of hydrogen-bond donors (Lipinski definition) is 2. The summed E-state index contributed by atoms with van der Waals surface area (Å²) in [6, 6.07) is 8.83. The fraction of sp³-hybridized carbons (Fsp3) is 0.500. The second-order valence-electron chi connectivity index (χ2n) is 4.88. The minimum absolute atomic E-state index is 0.0486. The van der Waals surface area contributed by atoms with E-state index in [0.29, 0.717) is 13.0 Å². The van der Waals surface area contributed by atoms with Crippen LogP contribution in [0.3, 0.4) is 0 Å². The molecule has 1 aromatic carbocycles. The first kappa shape index (κ1) is 17.6. The highest BCUT2D eigenvalue weighted by molar-refractivity contribution is 7.90. The maximum atomic E-state index is 11.6. The molecule has 0 saturated carbocycles. The second-order valence-corrected chi connectivity index (χ2v) is 7.14. The quantitative estimate of drug-likeness (QED) is 0.629. The molecule has 6 nitrogen and oxygen atoms in total. The van der Waals surface area contributed by atoms with Crippen LogP contribution < -0.4 is 11.1 Å². The molecule has 0 aliphatic rings. The lowest BCUT2D eigenvalue weighted by atomic mass is 10.2. The van der Waals surface area contributed by atoms with Gasteiger partial charge in [0, 0.05) is 12.8 Å². The number of sulfone groups is 1. The number of nitrogens with one attached hydrogen (secondary N) is 1. The Bertz CT molecular complexity index is 531. The molecule has 0 saturated heterocycles. The predicted molar refractivity (Wildman–Crippen MR) is 81.4 cm³/mol. The minimum atomic E-state index is -2.99. The first-order valence-electron chi connectivity index (χ1n) is 6.71. The van der Waals surface area contributed by atoms with Crippen molar-refractivity contribution < 1.29 is 17.9 Å². The number of ether oxygens (including phenoxy) is 1. The predicted octanol–water partition coefficient (Wildman–Crippen LogP) is 0.0814. The van der Waals surface area contributed by atoms with Crippen LogP contribution in [0.1, 0.15) is 12.0 Å². The van der Waals surface area contributed by atoms with Crippen LogP contribution in [0.5, 0.6) is 0 Å². The van der Waals surface area contributed by atoms with Crippen LogP contribution in [0, 0.1) is 0 Å². The van der Waals surface area contributed by atoms with Gasteiger partial charge in [0.25, 0.3) is 0 Å². The monoisotopic (exact) mass is 314 g/mol. The van der Waals surface area contributed by atoms with E-state index >= 15 is 0 Å². The van der Waals surface area contributed by atoms with E-state index < -0.39 is 15.9 Å². The smallest absolute Gasteiger partial charge is 0.239 e. The van der Waals surface area contributed by atoms with Gasteiger partial charge < -0.3 is 15.8 Å². The van der Waals surface area contributed by atoms with E-state index in [9.17, 15) is 13.2 Å². The normalized spacial score (nSPS) is 12.9. The number of nitrogens with two attached hydrogens (primary N) is 1. The molecule has 118 valence electrons. The van der Waals surface area contributed by atoms with Gasteiger partial charge in [0.1, 0.15) is 15.9 Å². The van der Waals surface area contributed by atoms with E-state index in [1.165, 1.54) is 0 Å². The maximum Gasteiger partial charge on any atom is 0.239 e. The van der Waals surface area contributed by atoms with E-state index in [2.05, 4.69) is 5.32 Å². The molecule has 1 atom stereocenters. The Morgan fingerprint density at radius 1 is 1.33 bits per heavy atom. The zero-order chi connectivity index (χ0) is 15.7. The molecular weight excluding hydrogens is 292 g/mol. The third-order valence-corrected chi connectivity index (χ3v) is 3.77. The van der Waals surface area contributed by atoms with E-state index in [0.717, 1.165) is 11.8 Å². The van der Waals surface area contributed by atoms with Crippen LogP contribution in [0.15, 0.2) is 30.3 Å². The topological polar surface area (TPSA) is 98.5 Å². The van der Waals surface area contributed by atoms with Gasteiger partial charge >= 0.3 is 0 Å². The van der Waals surface area contributed by atoms with Crippen molar-refractivity contribution in [2.24, 2.45) is 5.73 Å². The number of benzene rings is 1. The fourth-order valence-electron chi connectivity index (χ4n) is 1.63. The zero-order valence-corrected chi connectivity index (χ0v) is 12.9. The molecule has 7 heteroatoms. The number of carbonyl (C=O) groups is 1. The van der Waals surface area contributed by atoms with Crippen molar-refractivity contribution in [3.8, 4) is 0 Å². The van der Waals surface area contributed by atoms with Gasteiger partial charge in [0.05, 0.1) is 19.0 Å². The van der Waals surface area contributed by atoms with Crippen LogP contribution in [0.25, 0.3) is 0 Å².